The molecule has 3 aromatic rings. The molecule has 4 rings (SSSR count). The average Bonchev–Trinajstić information content (AvgIpc) is 3.35. The molecule has 0 unspecified atom stereocenters. The summed E-state index contributed by atoms with van der Waals surface area (Å²) in [6.45, 7) is 2.59. The lowest BCUT2D eigenvalue weighted by molar-refractivity contribution is 0.0708. The van der Waals surface area contributed by atoms with Gasteiger partial charge in [-0.2, -0.15) is 0 Å². The molecule has 1 aromatic carbocycles. The van der Waals surface area contributed by atoms with Gasteiger partial charge >= 0.3 is 0 Å². The SMILES string of the molecule is COc1ccc2nccc([C@@H](F)CC[C@@H]3CCN(CC#Cc4cccs4)C[C@@H]3CO)c2c1. The Hall–Kier alpha value is -2.46. The second-order valence-electron chi connectivity index (χ2n) is 8.33. The number of rotatable bonds is 7. The Morgan fingerprint density at radius 2 is 2.22 bits per heavy atom. The fourth-order valence-corrected chi connectivity index (χ4v) is 5.13. The van der Waals surface area contributed by atoms with Crippen LogP contribution >= 0.6 is 11.3 Å². The van der Waals surface area contributed by atoms with Gasteiger partial charge in [0, 0.05) is 24.7 Å². The molecule has 0 spiro atoms. The van der Waals surface area contributed by atoms with Crippen molar-refractivity contribution in [2.45, 2.75) is 25.4 Å². The zero-order valence-corrected chi connectivity index (χ0v) is 19.2. The Labute approximate surface area is 193 Å². The number of piperidine rings is 1. The third-order valence-electron chi connectivity index (χ3n) is 6.36. The predicted octanol–water partition coefficient (Wildman–Crippen LogP) is 5.08. The van der Waals surface area contributed by atoms with Crippen molar-refractivity contribution in [2.75, 3.05) is 33.4 Å². The minimum atomic E-state index is -1.07. The van der Waals surface area contributed by atoms with E-state index in [1.807, 2.05) is 35.7 Å². The molecular weight excluding hydrogens is 423 g/mol. The Morgan fingerprint density at radius 3 is 3.00 bits per heavy atom. The largest absolute Gasteiger partial charge is 0.497 e. The highest BCUT2D eigenvalue weighted by Gasteiger charge is 2.29. The Morgan fingerprint density at radius 1 is 1.31 bits per heavy atom. The lowest BCUT2D eigenvalue weighted by atomic mass is 9.81. The minimum Gasteiger partial charge on any atom is -0.497 e. The van der Waals surface area contributed by atoms with E-state index in [9.17, 15) is 5.11 Å². The number of ether oxygens (including phenoxy) is 1. The summed E-state index contributed by atoms with van der Waals surface area (Å²) in [5, 5.41) is 12.8. The molecule has 1 saturated heterocycles. The number of aliphatic hydroxyl groups excluding tert-OH is 1. The zero-order chi connectivity index (χ0) is 22.3. The van der Waals surface area contributed by atoms with Crippen molar-refractivity contribution in [3.8, 4) is 17.6 Å². The van der Waals surface area contributed by atoms with Crippen LogP contribution in [0.4, 0.5) is 4.39 Å². The summed E-state index contributed by atoms with van der Waals surface area (Å²) in [7, 11) is 1.61. The number of hydrogen-bond donors (Lipinski definition) is 1. The van der Waals surface area contributed by atoms with Gasteiger partial charge < -0.3 is 9.84 Å². The van der Waals surface area contributed by atoms with Crippen molar-refractivity contribution in [1.82, 2.24) is 9.88 Å². The van der Waals surface area contributed by atoms with E-state index in [2.05, 4.69) is 21.7 Å². The van der Waals surface area contributed by atoms with Crippen LogP contribution < -0.4 is 4.74 Å². The highest BCUT2D eigenvalue weighted by Crippen LogP contribution is 2.35. The summed E-state index contributed by atoms with van der Waals surface area (Å²) in [4.78, 5) is 7.73. The van der Waals surface area contributed by atoms with Gasteiger partial charge in [-0.25, -0.2) is 4.39 Å². The standard InChI is InChI=1S/C26H29FN2O2S/c1-31-21-7-9-26-24(16-21)23(10-12-28-26)25(27)8-6-19-11-14-29(17-20(19)18-30)13-2-4-22-5-3-15-32-22/h3,5,7,9-10,12,15-16,19-20,25,30H,6,8,11,13-14,17-18H2,1H3/t19-,20-,25+/m1/s1. The number of nitrogens with zero attached hydrogens (tertiary/aromatic N) is 2. The molecule has 1 fully saturated rings. The molecule has 3 atom stereocenters. The van der Waals surface area contributed by atoms with Crippen molar-refractivity contribution < 1.29 is 14.2 Å². The first-order valence-corrected chi connectivity index (χ1v) is 12.0. The fourth-order valence-electron chi connectivity index (χ4n) is 4.54. The zero-order valence-electron chi connectivity index (χ0n) is 18.3. The number of thiophene rings is 1. The molecule has 1 aliphatic rings. The van der Waals surface area contributed by atoms with E-state index >= 15 is 4.39 Å². The van der Waals surface area contributed by atoms with Crippen LogP contribution in [0, 0.1) is 23.7 Å². The van der Waals surface area contributed by atoms with Crippen LogP contribution in [-0.2, 0) is 0 Å². The normalized spacial score (nSPS) is 20.0. The molecule has 1 aliphatic heterocycles. The van der Waals surface area contributed by atoms with Crippen LogP contribution in [0.25, 0.3) is 10.9 Å². The number of fused-ring (bicyclic) bond motifs is 1. The maximum Gasteiger partial charge on any atom is 0.126 e. The Kier molecular flexibility index (Phi) is 7.75. The molecule has 1 N–H and O–H groups in total. The van der Waals surface area contributed by atoms with Gasteiger partial charge in [0.05, 0.1) is 24.0 Å². The minimum absolute atomic E-state index is 0.131. The number of hydrogen-bond acceptors (Lipinski definition) is 5. The summed E-state index contributed by atoms with van der Waals surface area (Å²) >= 11 is 1.65. The third-order valence-corrected chi connectivity index (χ3v) is 7.14. The van der Waals surface area contributed by atoms with Crippen LogP contribution in [0.15, 0.2) is 48.0 Å². The number of aromatic nitrogens is 1. The Balaban J connectivity index is 1.35. The van der Waals surface area contributed by atoms with Gasteiger partial charge in [0.2, 0.25) is 0 Å². The number of alkyl halides is 1. The van der Waals surface area contributed by atoms with Crippen LogP contribution in [0.5, 0.6) is 5.75 Å². The van der Waals surface area contributed by atoms with Gasteiger partial charge in [-0.05, 0) is 78.9 Å². The van der Waals surface area contributed by atoms with Gasteiger partial charge in [-0.1, -0.05) is 17.9 Å². The fraction of sp³-hybridized carbons (Fsp3) is 0.423. The average molecular weight is 453 g/mol. The summed E-state index contributed by atoms with van der Waals surface area (Å²) < 4.78 is 20.6. The molecule has 0 amide bonds. The lowest BCUT2D eigenvalue weighted by Gasteiger charge is -2.37. The second-order valence-corrected chi connectivity index (χ2v) is 9.28. The summed E-state index contributed by atoms with van der Waals surface area (Å²) in [6, 6.07) is 11.4. The molecule has 6 heteroatoms. The number of benzene rings is 1. The molecule has 0 radical (unpaired) electrons. The van der Waals surface area contributed by atoms with Crippen LogP contribution in [0.2, 0.25) is 0 Å². The monoisotopic (exact) mass is 452 g/mol. The summed E-state index contributed by atoms with van der Waals surface area (Å²) in [5.41, 5.74) is 1.44. The third kappa shape index (κ3) is 5.47. The quantitative estimate of drug-likeness (QED) is 0.508. The van der Waals surface area contributed by atoms with Crippen molar-refractivity contribution in [3.05, 3.63) is 58.4 Å². The Bertz CT molecular complexity index is 1080. The maximum atomic E-state index is 15.3. The number of aliphatic hydroxyl groups is 1. The van der Waals surface area contributed by atoms with Crippen LogP contribution in [0.3, 0.4) is 0 Å². The predicted molar refractivity (Wildman–Crippen MR) is 128 cm³/mol. The molecule has 2 aromatic heterocycles. The number of methoxy groups -OCH3 is 1. The van der Waals surface area contributed by atoms with Crippen molar-refractivity contribution >= 4 is 22.2 Å². The van der Waals surface area contributed by atoms with Crippen LogP contribution in [0.1, 0.15) is 35.9 Å². The number of likely N-dealkylation sites (tertiary alicyclic amines) is 1. The van der Waals surface area contributed by atoms with Crippen molar-refractivity contribution in [2.24, 2.45) is 11.8 Å². The first-order chi connectivity index (χ1) is 15.7. The summed E-state index contributed by atoms with van der Waals surface area (Å²) in [5.74, 6) is 7.63. The van der Waals surface area contributed by atoms with Gasteiger partial charge in [-0.3, -0.25) is 9.88 Å². The van der Waals surface area contributed by atoms with Crippen molar-refractivity contribution in [3.63, 3.8) is 0 Å². The molecule has 168 valence electrons. The topological polar surface area (TPSA) is 45.6 Å². The molecule has 0 saturated carbocycles. The first-order valence-electron chi connectivity index (χ1n) is 11.1. The van der Waals surface area contributed by atoms with E-state index < -0.39 is 6.17 Å². The maximum absolute atomic E-state index is 15.3. The van der Waals surface area contributed by atoms with Crippen LogP contribution in [-0.4, -0.2) is 48.3 Å². The van der Waals surface area contributed by atoms with E-state index in [0.29, 0.717) is 30.2 Å². The second kappa shape index (κ2) is 10.9. The molecular formula is C26H29FN2O2S. The number of pyridine rings is 1. The van der Waals surface area contributed by atoms with E-state index in [1.54, 1.807) is 30.7 Å². The lowest BCUT2D eigenvalue weighted by Crippen LogP contribution is -2.42. The molecule has 4 nitrogen and oxygen atoms in total. The summed E-state index contributed by atoms with van der Waals surface area (Å²) in [6.07, 6.45) is 2.76. The van der Waals surface area contributed by atoms with E-state index in [4.69, 9.17) is 4.74 Å². The highest BCUT2D eigenvalue weighted by molar-refractivity contribution is 7.10. The highest BCUT2D eigenvalue weighted by atomic mass is 32.1. The van der Waals surface area contributed by atoms with Crippen molar-refractivity contribution in [1.29, 1.82) is 0 Å². The van der Waals surface area contributed by atoms with Gasteiger partial charge in [0.25, 0.3) is 0 Å². The van der Waals surface area contributed by atoms with Gasteiger partial charge in [0.15, 0.2) is 0 Å². The molecule has 3 heterocycles. The smallest absolute Gasteiger partial charge is 0.126 e. The number of halogens is 1. The van der Waals surface area contributed by atoms with E-state index in [-0.39, 0.29) is 12.5 Å². The molecule has 32 heavy (non-hydrogen) atoms. The van der Waals surface area contributed by atoms with E-state index in [0.717, 1.165) is 41.7 Å². The molecule has 0 aliphatic carbocycles. The van der Waals surface area contributed by atoms with Gasteiger partial charge in [-0.15, -0.1) is 11.3 Å². The first kappa shape index (κ1) is 22.7. The van der Waals surface area contributed by atoms with Gasteiger partial charge in [0.1, 0.15) is 11.9 Å². The molecule has 0 bridgehead atoms. The van der Waals surface area contributed by atoms with E-state index in [1.165, 1.54) is 0 Å².